The Balaban J connectivity index is 1.36. The number of hydrogen-bond donors (Lipinski definition) is 2. The van der Waals surface area contributed by atoms with Crippen molar-refractivity contribution in [1.82, 2.24) is 29.3 Å². The minimum absolute atomic E-state index is 0.269. The van der Waals surface area contributed by atoms with Crippen LogP contribution in [0.2, 0.25) is 5.02 Å². The summed E-state index contributed by atoms with van der Waals surface area (Å²) in [5, 5.41) is 18.9. The highest BCUT2D eigenvalue weighted by atomic mass is 35.5. The van der Waals surface area contributed by atoms with Gasteiger partial charge in [-0.15, -0.1) is 0 Å². The van der Waals surface area contributed by atoms with Crippen molar-refractivity contribution < 1.29 is 9.59 Å². The van der Waals surface area contributed by atoms with E-state index in [2.05, 4.69) is 25.9 Å². The van der Waals surface area contributed by atoms with Crippen LogP contribution in [-0.4, -0.2) is 41.2 Å². The van der Waals surface area contributed by atoms with E-state index in [-0.39, 0.29) is 17.5 Å². The van der Waals surface area contributed by atoms with Gasteiger partial charge >= 0.3 is 0 Å². The van der Waals surface area contributed by atoms with Gasteiger partial charge in [-0.3, -0.25) is 19.0 Å². The van der Waals surface area contributed by atoms with Crippen molar-refractivity contribution in [3.8, 4) is 0 Å². The quantitative estimate of drug-likeness (QED) is 0.467. The Kier molecular flexibility index (Phi) is 5.78. The number of halogens is 1. The molecule has 0 atom stereocenters. The molecule has 3 heterocycles. The summed E-state index contributed by atoms with van der Waals surface area (Å²) in [7, 11) is 1.74. The second-order valence-electron chi connectivity index (χ2n) is 7.23. The molecule has 0 bridgehead atoms. The number of nitrogens with one attached hydrogen (secondary N) is 2. The van der Waals surface area contributed by atoms with Gasteiger partial charge in [0.25, 0.3) is 11.8 Å². The van der Waals surface area contributed by atoms with E-state index >= 15 is 0 Å². The summed E-state index contributed by atoms with van der Waals surface area (Å²) < 4.78 is 4.90. The molecule has 2 N–H and O–H groups in total. The zero-order chi connectivity index (χ0) is 22.8. The average molecular weight is 453 g/mol. The van der Waals surface area contributed by atoms with Gasteiger partial charge in [-0.25, -0.2) is 4.68 Å². The summed E-state index contributed by atoms with van der Waals surface area (Å²) in [6, 6.07) is 10.0. The van der Waals surface area contributed by atoms with Crippen molar-refractivity contribution in [1.29, 1.82) is 0 Å². The Hall–Kier alpha value is -3.92. The molecule has 0 aliphatic heterocycles. The summed E-state index contributed by atoms with van der Waals surface area (Å²) in [6.07, 6.45) is 3.40. The lowest BCUT2D eigenvalue weighted by Gasteiger charge is -2.07. The van der Waals surface area contributed by atoms with Crippen LogP contribution >= 0.6 is 11.6 Å². The molecule has 4 rings (SSSR count). The summed E-state index contributed by atoms with van der Waals surface area (Å²) in [5.74, 6) is -0.655. The maximum atomic E-state index is 12.5. The SMILES string of the molecule is Cc1nn(Cn2ccc(C(=O)Nc3ccc(NC(=O)c4ccn(C)n4)cc3)n2)c(C)c1Cl. The molecule has 4 aromatic rings. The number of hydrogen-bond acceptors (Lipinski definition) is 5. The van der Waals surface area contributed by atoms with Crippen LogP contribution in [0.5, 0.6) is 0 Å². The molecule has 1 aromatic carbocycles. The highest BCUT2D eigenvalue weighted by molar-refractivity contribution is 6.31. The third kappa shape index (κ3) is 4.54. The highest BCUT2D eigenvalue weighted by Crippen LogP contribution is 2.19. The average Bonchev–Trinajstić information content (AvgIpc) is 3.47. The summed E-state index contributed by atoms with van der Waals surface area (Å²) in [4.78, 5) is 24.7. The molecular formula is C21H21ClN8O2. The molecule has 0 aliphatic carbocycles. The maximum Gasteiger partial charge on any atom is 0.276 e. The fraction of sp³-hybridized carbons (Fsp3) is 0.190. The predicted molar refractivity (Wildman–Crippen MR) is 120 cm³/mol. The molecule has 32 heavy (non-hydrogen) atoms. The van der Waals surface area contributed by atoms with E-state index in [1.54, 1.807) is 69.9 Å². The molecule has 0 saturated carbocycles. The van der Waals surface area contributed by atoms with Crippen LogP contribution in [0.25, 0.3) is 0 Å². The Labute approximate surface area is 188 Å². The molecule has 11 heteroatoms. The summed E-state index contributed by atoms with van der Waals surface area (Å²) >= 11 is 6.18. The number of rotatable bonds is 6. The van der Waals surface area contributed by atoms with Crippen LogP contribution in [0.4, 0.5) is 11.4 Å². The normalized spacial score (nSPS) is 10.9. The number of benzene rings is 1. The first kappa shape index (κ1) is 21.3. The van der Waals surface area contributed by atoms with Crippen LogP contribution in [0.1, 0.15) is 32.4 Å². The Bertz CT molecular complexity index is 1290. The van der Waals surface area contributed by atoms with Gasteiger partial charge in [0, 0.05) is 30.8 Å². The Morgan fingerprint density at radius 2 is 1.44 bits per heavy atom. The van der Waals surface area contributed by atoms with Gasteiger partial charge in [-0.2, -0.15) is 15.3 Å². The van der Waals surface area contributed by atoms with Gasteiger partial charge in [0.1, 0.15) is 6.67 Å². The van der Waals surface area contributed by atoms with Crippen LogP contribution in [0.15, 0.2) is 48.8 Å². The number of carbonyl (C=O) groups excluding carboxylic acids is 2. The second kappa shape index (κ2) is 8.67. The molecule has 0 unspecified atom stereocenters. The third-order valence-corrected chi connectivity index (χ3v) is 5.34. The standard InChI is InChI=1S/C21H21ClN8O2/c1-13-19(22)14(2)30(25-13)12-29-11-9-18(27-29)21(32)24-16-6-4-15(5-7-16)23-20(31)17-8-10-28(3)26-17/h4-11H,12H2,1-3H3,(H,23,31)(H,24,32). The van der Waals surface area contributed by atoms with E-state index in [1.165, 1.54) is 0 Å². The van der Waals surface area contributed by atoms with Gasteiger partial charge in [0.15, 0.2) is 11.4 Å². The van der Waals surface area contributed by atoms with Gasteiger partial charge in [0.05, 0.1) is 16.4 Å². The van der Waals surface area contributed by atoms with Gasteiger partial charge in [-0.05, 0) is 50.2 Å². The first-order valence-corrected chi connectivity index (χ1v) is 10.1. The number of amides is 2. The number of carbonyl (C=O) groups is 2. The fourth-order valence-corrected chi connectivity index (χ4v) is 3.21. The van der Waals surface area contributed by atoms with Gasteiger partial charge in [-0.1, -0.05) is 11.6 Å². The van der Waals surface area contributed by atoms with Gasteiger partial charge < -0.3 is 10.6 Å². The van der Waals surface area contributed by atoms with Crippen molar-refractivity contribution in [2.24, 2.45) is 7.05 Å². The molecule has 0 saturated heterocycles. The maximum absolute atomic E-state index is 12.5. The lowest BCUT2D eigenvalue weighted by atomic mass is 10.2. The van der Waals surface area contributed by atoms with E-state index in [0.717, 1.165) is 11.4 Å². The van der Waals surface area contributed by atoms with Crippen molar-refractivity contribution in [3.05, 3.63) is 76.6 Å². The highest BCUT2D eigenvalue weighted by Gasteiger charge is 2.13. The molecule has 10 nitrogen and oxygen atoms in total. The number of aryl methyl sites for hydroxylation is 2. The van der Waals surface area contributed by atoms with Crippen LogP contribution < -0.4 is 10.6 Å². The first-order valence-electron chi connectivity index (χ1n) is 9.75. The first-order chi connectivity index (χ1) is 15.3. The van der Waals surface area contributed by atoms with Crippen LogP contribution in [0.3, 0.4) is 0 Å². The largest absolute Gasteiger partial charge is 0.321 e. The van der Waals surface area contributed by atoms with Crippen molar-refractivity contribution in [2.45, 2.75) is 20.5 Å². The molecule has 0 radical (unpaired) electrons. The number of anilines is 2. The molecule has 0 aliphatic rings. The van der Waals surface area contributed by atoms with E-state index in [9.17, 15) is 9.59 Å². The van der Waals surface area contributed by atoms with Gasteiger partial charge in [0.2, 0.25) is 0 Å². The zero-order valence-corrected chi connectivity index (χ0v) is 18.5. The van der Waals surface area contributed by atoms with Crippen molar-refractivity contribution in [2.75, 3.05) is 10.6 Å². The summed E-state index contributed by atoms with van der Waals surface area (Å²) in [5.41, 5.74) is 3.33. The van der Waals surface area contributed by atoms with Crippen molar-refractivity contribution >= 4 is 34.8 Å². The fourth-order valence-electron chi connectivity index (χ4n) is 3.07. The Morgan fingerprint density at radius 1 is 0.875 bits per heavy atom. The van der Waals surface area contributed by atoms with E-state index in [0.29, 0.717) is 28.8 Å². The van der Waals surface area contributed by atoms with Crippen molar-refractivity contribution in [3.63, 3.8) is 0 Å². The smallest absolute Gasteiger partial charge is 0.276 e. The third-order valence-electron chi connectivity index (χ3n) is 4.79. The summed E-state index contributed by atoms with van der Waals surface area (Å²) in [6.45, 7) is 4.06. The molecule has 2 amide bonds. The minimum atomic E-state index is -0.347. The Morgan fingerprint density at radius 3 is 1.94 bits per heavy atom. The molecule has 164 valence electrons. The molecule has 3 aromatic heterocycles. The van der Waals surface area contributed by atoms with E-state index in [1.807, 2.05) is 13.8 Å². The van der Waals surface area contributed by atoms with E-state index in [4.69, 9.17) is 11.6 Å². The lowest BCUT2D eigenvalue weighted by Crippen LogP contribution is -2.16. The zero-order valence-electron chi connectivity index (χ0n) is 17.7. The molecule has 0 fully saturated rings. The second-order valence-corrected chi connectivity index (χ2v) is 7.60. The molecule has 0 spiro atoms. The lowest BCUT2D eigenvalue weighted by molar-refractivity contribution is 0.101. The van der Waals surface area contributed by atoms with E-state index < -0.39 is 0 Å². The monoisotopic (exact) mass is 452 g/mol. The predicted octanol–water partition coefficient (Wildman–Crippen LogP) is 3.09. The number of nitrogens with zero attached hydrogens (tertiary/aromatic N) is 6. The minimum Gasteiger partial charge on any atom is -0.321 e. The van der Waals surface area contributed by atoms with Crippen LogP contribution in [-0.2, 0) is 13.7 Å². The van der Waals surface area contributed by atoms with Crippen LogP contribution in [0, 0.1) is 13.8 Å². The number of aromatic nitrogens is 6. The topological polar surface area (TPSA) is 112 Å². The molecular weight excluding hydrogens is 432 g/mol.